The number of amides is 1. The number of anilines is 1. The number of fused-ring (bicyclic) bond motifs is 1. The normalized spacial score (nSPS) is 15.4. The van der Waals surface area contributed by atoms with Crippen molar-refractivity contribution in [3.8, 4) is 11.5 Å². The zero-order valence-electron chi connectivity index (χ0n) is 20.7. The van der Waals surface area contributed by atoms with Gasteiger partial charge in [0.15, 0.2) is 11.5 Å². The first-order chi connectivity index (χ1) is 16.4. The van der Waals surface area contributed by atoms with Gasteiger partial charge in [-0.05, 0) is 70.7 Å². The number of piperidine rings is 1. The Bertz CT molecular complexity index is 1150. The van der Waals surface area contributed by atoms with Crippen LogP contribution in [0, 0.1) is 19.8 Å². The summed E-state index contributed by atoms with van der Waals surface area (Å²) in [6.45, 7) is 12.9. The summed E-state index contributed by atoms with van der Waals surface area (Å²) in [5, 5.41) is 4.36. The first-order valence-electron chi connectivity index (χ1n) is 12.1. The lowest BCUT2D eigenvalue weighted by molar-refractivity contribution is -0.126. The van der Waals surface area contributed by atoms with E-state index in [4.69, 9.17) is 9.47 Å². The van der Waals surface area contributed by atoms with Crippen LogP contribution in [-0.4, -0.2) is 42.2 Å². The van der Waals surface area contributed by atoms with Gasteiger partial charge in [-0.1, -0.05) is 6.07 Å². The van der Waals surface area contributed by atoms with E-state index in [-0.39, 0.29) is 17.9 Å². The molecule has 0 spiro atoms. The number of carbonyl (C=O) groups is 1. The number of benzene rings is 1. The zero-order chi connectivity index (χ0) is 24.2. The smallest absolute Gasteiger partial charge is 0.223 e. The number of carbonyl (C=O) groups excluding carboxylic acids is 1. The molecule has 0 bridgehead atoms. The van der Waals surface area contributed by atoms with Crippen LogP contribution in [0.5, 0.6) is 11.5 Å². The highest BCUT2D eigenvalue weighted by Gasteiger charge is 2.28. The van der Waals surface area contributed by atoms with Crippen molar-refractivity contribution >= 4 is 33.3 Å². The minimum absolute atomic E-state index is 0.00426. The Morgan fingerprint density at radius 3 is 2.56 bits per heavy atom. The van der Waals surface area contributed by atoms with Gasteiger partial charge in [0.25, 0.3) is 0 Å². The van der Waals surface area contributed by atoms with Crippen LogP contribution in [0.15, 0.2) is 24.5 Å². The molecule has 1 atom stereocenters. The third-order valence-electron chi connectivity index (χ3n) is 6.54. The lowest BCUT2D eigenvalue weighted by Crippen LogP contribution is -2.41. The molecule has 34 heavy (non-hydrogen) atoms. The SMILES string of the molecule is CCOc1ccc([C@@H](C)NC(=O)C2CCN(c3ncnc4sc(C)c(C)c34)CC2)cc1OCC. The first kappa shape index (κ1) is 24.3. The Morgan fingerprint density at radius 2 is 1.85 bits per heavy atom. The van der Waals surface area contributed by atoms with Gasteiger partial charge in [0.2, 0.25) is 5.91 Å². The van der Waals surface area contributed by atoms with Crippen LogP contribution in [-0.2, 0) is 4.79 Å². The van der Waals surface area contributed by atoms with Crippen molar-refractivity contribution in [3.05, 3.63) is 40.5 Å². The number of aromatic nitrogens is 2. The Balaban J connectivity index is 1.39. The quantitative estimate of drug-likeness (QED) is 0.476. The van der Waals surface area contributed by atoms with E-state index in [9.17, 15) is 4.79 Å². The number of hydrogen-bond donors (Lipinski definition) is 1. The third kappa shape index (κ3) is 4.97. The molecule has 1 aromatic carbocycles. The standard InChI is InChI=1S/C26H34N4O3S/c1-6-32-21-9-8-20(14-22(21)33-7-2)17(4)29-25(31)19-10-12-30(13-11-19)24-23-16(3)18(5)34-26(23)28-15-27-24/h8-9,14-15,17,19H,6-7,10-13H2,1-5H3,(H,29,31)/t17-/m1/s1. The molecule has 182 valence electrons. The molecule has 1 amide bonds. The molecule has 0 saturated carbocycles. The van der Waals surface area contributed by atoms with E-state index < -0.39 is 0 Å². The molecule has 0 radical (unpaired) electrons. The molecule has 7 nitrogen and oxygen atoms in total. The van der Waals surface area contributed by atoms with Crippen LogP contribution in [0.4, 0.5) is 5.82 Å². The molecule has 1 aliphatic rings. The maximum atomic E-state index is 13.1. The third-order valence-corrected chi connectivity index (χ3v) is 7.65. The average Bonchev–Trinajstić information content (AvgIpc) is 3.14. The van der Waals surface area contributed by atoms with Crippen LogP contribution >= 0.6 is 11.3 Å². The molecule has 3 aromatic rings. The Labute approximate surface area is 205 Å². The van der Waals surface area contributed by atoms with Gasteiger partial charge in [0.05, 0.1) is 24.6 Å². The lowest BCUT2D eigenvalue weighted by atomic mass is 9.95. The van der Waals surface area contributed by atoms with Gasteiger partial charge in [-0.2, -0.15) is 0 Å². The summed E-state index contributed by atoms with van der Waals surface area (Å²) in [6.07, 6.45) is 3.26. The van der Waals surface area contributed by atoms with Gasteiger partial charge < -0.3 is 19.7 Å². The largest absolute Gasteiger partial charge is 0.490 e. The molecule has 0 unspecified atom stereocenters. The lowest BCUT2D eigenvalue weighted by Gasteiger charge is -2.33. The molecule has 1 aliphatic heterocycles. The second kappa shape index (κ2) is 10.6. The molecule has 1 saturated heterocycles. The molecule has 1 N–H and O–H groups in total. The van der Waals surface area contributed by atoms with Gasteiger partial charge in [0, 0.05) is 23.9 Å². The summed E-state index contributed by atoms with van der Waals surface area (Å²) < 4.78 is 11.4. The Hall–Kier alpha value is -2.87. The number of ether oxygens (including phenoxy) is 2. The molecule has 8 heteroatoms. The molecular weight excluding hydrogens is 448 g/mol. The van der Waals surface area contributed by atoms with Crippen LogP contribution in [0.1, 0.15) is 55.7 Å². The van der Waals surface area contributed by atoms with E-state index >= 15 is 0 Å². The second-order valence-corrected chi connectivity index (χ2v) is 9.93. The number of aryl methyl sites for hydroxylation is 2. The van der Waals surface area contributed by atoms with Crippen LogP contribution < -0.4 is 19.7 Å². The topological polar surface area (TPSA) is 76.6 Å². The van der Waals surface area contributed by atoms with Gasteiger partial charge in [-0.15, -0.1) is 11.3 Å². The van der Waals surface area contributed by atoms with Crippen molar-refractivity contribution in [2.24, 2.45) is 5.92 Å². The minimum atomic E-state index is -0.113. The van der Waals surface area contributed by atoms with E-state index in [1.807, 2.05) is 39.0 Å². The van der Waals surface area contributed by atoms with E-state index in [1.165, 1.54) is 10.4 Å². The number of rotatable bonds is 8. The first-order valence-corrected chi connectivity index (χ1v) is 12.9. The summed E-state index contributed by atoms with van der Waals surface area (Å²) >= 11 is 1.72. The van der Waals surface area contributed by atoms with E-state index in [0.29, 0.717) is 19.0 Å². The van der Waals surface area contributed by atoms with Gasteiger partial charge in [-0.25, -0.2) is 9.97 Å². The monoisotopic (exact) mass is 482 g/mol. The number of thiophene rings is 1. The maximum Gasteiger partial charge on any atom is 0.223 e. The van der Waals surface area contributed by atoms with Crippen molar-refractivity contribution in [2.45, 2.75) is 53.5 Å². The highest BCUT2D eigenvalue weighted by molar-refractivity contribution is 7.18. The summed E-state index contributed by atoms with van der Waals surface area (Å²) in [6, 6.07) is 5.76. The number of nitrogens with one attached hydrogen (secondary N) is 1. The molecule has 4 rings (SSSR count). The fourth-order valence-electron chi connectivity index (χ4n) is 4.51. The van der Waals surface area contributed by atoms with Crippen LogP contribution in [0.2, 0.25) is 0 Å². The van der Waals surface area contributed by atoms with E-state index in [2.05, 4.69) is 34.0 Å². The van der Waals surface area contributed by atoms with Crippen LogP contribution in [0.25, 0.3) is 10.2 Å². The van der Waals surface area contributed by atoms with Crippen molar-refractivity contribution in [1.29, 1.82) is 0 Å². The fraction of sp³-hybridized carbons (Fsp3) is 0.500. The van der Waals surface area contributed by atoms with Crippen molar-refractivity contribution in [3.63, 3.8) is 0 Å². The molecule has 1 fully saturated rings. The predicted molar refractivity (Wildman–Crippen MR) is 137 cm³/mol. The van der Waals surface area contributed by atoms with Crippen molar-refractivity contribution in [2.75, 3.05) is 31.2 Å². The Kier molecular flexibility index (Phi) is 7.56. The van der Waals surface area contributed by atoms with Crippen molar-refractivity contribution < 1.29 is 14.3 Å². The highest BCUT2D eigenvalue weighted by atomic mass is 32.1. The predicted octanol–water partition coefficient (Wildman–Crippen LogP) is 5.20. The highest BCUT2D eigenvalue weighted by Crippen LogP contribution is 2.36. The summed E-state index contributed by atoms with van der Waals surface area (Å²) in [4.78, 5) is 26.7. The maximum absolute atomic E-state index is 13.1. The van der Waals surface area contributed by atoms with Crippen LogP contribution in [0.3, 0.4) is 0 Å². The zero-order valence-corrected chi connectivity index (χ0v) is 21.5. The van der Waals surface area contributed by atoms with E-state index in [0.717, 1.165) is 53.3 Å². The molecule has 2 aromatic heterocycles. The van der Waals surface area contributed by atoms with Gasteiger partial charge in [0.1, 0.15) is 17.0 Å². The fourth-order valence-corrected chi connectivity index (χ4v) is 5.50. The average molecular weight is 483 g/mol. The second-order valence-electron chi connectivity index (χ2n) is 8.72. The Morgan fingerprint density at radius 1 is 1.15 bits per heavy atom. The summed E-state index contributed by atoms with van der Waals surface area (Å²) in [5.41, 5.74) is 2.26. The van der Waals surface area contributed by atoms with Gasteiger partial charge >= 0.3 is 0 Å². The van der Waals surface area contributed by atoms with Gasteiger partial charge in [-0.3, -0.25) is 4.79 Å². The summed E-state index contributed by atoms with van der Waals surface area (Å²) in [7, 11) is 0. The molecule has 0 aliphatic carbocycles. The minimum Gasteiger partial charge on any atom is -0.490 e. The van der Waals surface area contributed by atoms with E-state index in [1.54, 1.807) is 17.7 Å². The summed E-state index contributed by atoms with van der Waals surface area (Å²) in [5.74, 6) is 2.54. The molecule has 3 heterocycles. The van der Waals surface area contributed by atoms with Crippen molar-refractivity contribution in [1.82, 2.24) is 15.3 Å². The number of nitrogens with zero attached hydrogens (tertiary/aromatic N) is 3. The molecular formula is C26H34N4O3S. The number of hydrogen-bond acceptors (Lipinski definition) is 7.